The molecule has 2 N–H and O–H groups in total. The molecule has 128 valence electrons. The first kappa shape index (κ1) is 16.4. The number of nitrogens with zero attached hydrogens (tertiary/aromatic N) is 2. The van der Waals surface area contributed by atoms with Crippen LogP contribution >= 0.6 is 0 Å². The normalized spacial score (nSPS) is 16.9. The summed E-state index contributed by atoms with van der Waals surface area (Å²) >= 11 is 0. The van der Waals surface area contributed by atoms with Gasteiger partial charge in [-0.25, -0.2) is 0 Å². The summed E-state index contributed by atoms with van der Waals surface area (Å²) in [5, 5.41) is 17.3. The van der Waals surface area contributed by atoms with Crippen LogP contribution in [0.3, 0.4) is 0 Å². The molecule has 3 rings (SSSR count). The van der Waals surface area contributed by atoms with E-state index in [1.165, 1.54) is 4.68 Å². The fourth-order valence-corrected chi connectivity index (χ4v) is 3.28. The second-order valence-corrected chi connectivity index (χ2v) is 6.09. The number of aromatic nitrogens is 2. The van der Waals surface area contributed by atoms with Crippen molar-refractivity contribution in [2.24, 2.45) is 18.9 Å². The number of fused-ring (bicyclic) bond motifs is 1. The Morgan fingerprint density at radius 2 is 2.08 bits per heavy atom. The van der Waals surface area contributed by atoms with Crippen molar-refractivity contribution in [3.05, 3.63) is 30.0 Å². The topological polar surface area (TPSA) is 93.5 Å². The molecule has 1 amide bonds. The van der Waals surface area contributed by atoms with Crippen LogP contribution in [0.5, 0.6) is 0 Å². The molecule has 0 aliphatic carbocycles. The summed E-state index contributed by atoms with van der Waals surface area (Å²) in [6.45, 7) is 1.27. The highest BCUT2D eigenvalue weighted by Gasteiger charge is 2.30. The van der Waals surface area contributed by atoms with Crippen molar-refractivity contribution in [3.63, 3.8) is 0 Å². The number of carbonyl (C=O) groups is 2. The predicted octanol–water partition coefficient (Wildman–Crippen LogP) is 1.43. The molecule has 1 fully saturated rings. The number of ether oxygens (including phenoxy) is 1. The van der Waals surface area contributed by atoms with Crippen LogP contribution < -0.4 is 5.32 Å². The maximum absolute atomic E-state index is 12.6. The Hall–Kier alpha value is -2.41. The summed E-state index contributed by atoms with van der Waals surface area (Å²) in [6, 6.07) is 7.39. The minimum Gasteiger partial charge on any atom is -0.481 e. The number of carboxylic acids is 1. The van der Waals surface area contributed by atoms with Gasteiger partial charge in [0.15, 0.2) is 0 Å². The maximum atomic E-state index is 12.6. The van der Waals surface area contributed by atoms with Crippen molar-refractivity contribution in [2.75, 3.05) is 19.8 Å². The Balaban J connectivity index is 1.73. The molecule has 1 aliphatic heterocycles. The number of hydrogen-bond donors (Lipinski definition) is 2. The molecule has 1 atom stereocenters. The van der Waals surface area contributed by atoms with Crippen LogP contribution in [0.1, 0.15) is 23.3 Å². The fraction of sp³-hybridized carbons (Fsp3) is 0.471. The first-order valence-corrected chi connectivity index (χ1v) is 8.08. The molecule has 24 heavy (non-hydrogen) atoms. The third kappa shape index (κ3) is 3.26. The Bertz CT molecular complexity index is 749. The van der Waals surface area contributed by atoms with Crippen molar-refractivity contribution < 1.29 is 19.4 Å². The largest absolute Gasteiger partial charge is 0.481 e. The smallest absolute Gasteiger partial charge is 0.308 e. The van der Waals surface area contributed by atoms with Crippen LogP contribution in [0, 0.1) is 11.8 Å². The van der Waals surface area contributed by atoms with Crippen LogP contribution in [0.4, 0.5) is 0 Å². The molecule has 0 saturated carbocycles. The van der Waals surface area contributed by atoms with Crippen LogP contribution in [0.15, 0.2) is 24.3 Å². The standard InChI is InChI=1S/C17H21N3O4/c1-20-15(12-4-2-3-5-14(12)19-20)16(21)18-10-13(17(22)23)11-6-8-24-9-7-11/h2-5,11,13H,6-10H2,1H3,(H,18,21)(H,22,23). The third-order valence-corrected chi connectivity index (χ3v) is 4.59. The lowest BCUT2D eigenvalue weighted by atomic mass is 9.86. The number of nitrogens with one attached hydrogen (secondary N) is 1. The van der Waals surface area contributed by atoms with Crippen molar-refractivity contribution in [2.45, 2.75) is 12.8 Å². The van der Waals surface area contributed by atoms with Crippen molar-refractivity contribution in [1.82, 2.24) is 15.1 Å². The van der Waals surface area contributed by atoms with Gasteiger partial charge in [0.05, 0.1) is 11.4 Å². The highest BCUT2D eigenvalue weighted by molar-refractivity contribution is 6.05. The Morgan fingerprint density at radius 3 is 2.79 bits per heavy atom. The highest BCUT2D eigenvalue weighted by Crippen LogP contribution is 2.24. The Labute approximate surface area is 139 Å². The molecule has 0 radical (unpaired) electrons. The molecular weight excluding hydrogens is 310 g/mol. The lowest BCUT2D eigenvalue weighted by Crippen LogP contribution is -2.39. The molecule has 1 saturated heterocycles. The molecular formula is C17H21N3O4. The number of amides is 1. The van der Waals surface area contributed by atoms with Gasteiger partial charge < -0.3 is 15.2 Å². The average molecular weight is 331 g/mol. The summed E-state index contributed by atoms with van der Waals surface area (Å²) in [7, 11) is 1.71. The van der Waals surface area contributed by atoms with Gasteiger partial charge in [0.1, 0.15) is 5.69 Å². The first-order valence-electron chi connectivity index (χ1n) is 8.08. The molecule has 7 nitrogen and oxygen atoms in total. The van der Waals surface area contributed by atoms with E-state index >= 15 is 0 Å². The summed E-state index contributed by atoms with van der Waals surface area (Å²) in [5.41, 5.74) is 1.19. The highest BCUT2D eigenvalue weighted by atomic mass is 16.5. The fourth-order valence-electron chi connectivity index (χ4n) is 3.28. The van der Waals surface area contributed by atoms with Crippen LogP contribution in [-0.4, -0.2) is 46.5 Å². The van der Waals surface area contributed by atoms with E-state index in [0.717, 1.165) is 10.9 Å². The van der Waals surface area contributed by atoms with E-state index in [0.29, 0.717) is 31.7 Å². The van der Waals surface area contributed by atoms with Crippen molar-refractivity contribution in [1.29, 1.82) is 0 Å². The van der Waals surface area contributed by atoms with Gasteiger partial charge in [0.2, 0.25) is 0 Å². The zero-order chi connectivity index (χ0) is 17.1. The minimum absolute atomic E-state index is 0.0276. The molecule has 1 aromatic carbocycles. The van der Waals surface area contributed by atoms with E-state index in [2.05, 4.69) is 10.4 Å². The minimum atomic E-state index is -0.878. The van der Waals surface area contributed by atoms with Crippen molar-refractivity contribution >= 4 is 22.8 Å². The van der Waals surface area contributed by atoms with Gasteiger partial charge in [-0.15, -0.1) is 0 Å². The molecule has 1 unspecified atom stereocenters. The monoisotopic (exact) mass is 331 g/mol. The Morgan fingerprint density at radius 1 is 1.38 bits per heavy atom. The number of benzene rings is 1. The third-order valence-electron chi connectivity index (χ3n) is 4.59. The maximum Gasteiger partial charge on any atom is 0.308 e. The molecule has 0 bridgehead atoms. The summed E-state index contributed by atoms with van der Waals surface area (Å²) in [6.07, 6.45) is 1.42. The predicted molar refractivity (Wildman–Crippen MR) is 87.7 cm³/mol. The second kappa shape index (κ2) is 7.00. The lowest BCUT2D eigenvalue weighted by Gasteiger charge is -2.27. The number of aryl methyl sites for hydroxylation is 1. The van der Waals surface area contributed by atoms with E-state index in [9.17, 15) is 14.7 Å². The van der Waals surface area contributed by atoms with Crippen LogP contribution in [0.25, 0.3) is 10.9 Å². The van der Waals surface area contributed by atoms with Crippen molar-refractivity contribution in [3.8, 4) is 0 Å². The number of aliphatic carboxylic acids is 1. The van der Waals surface area contributed by atoms with Gasteiger partial charge >= 0.3 is 5.97 Å². The average Bonchev–Trinajstić information content (AvgIpc) is 2.91. The molecule has 2 heterocycles. The molecule has 1 aliphatic rings. The van der Waals surface area contributed by atoms with E-state index in [-0.39, 0.29) is 18.4 Å². The van der Waals surface area contributed by atoms with Gasteiger partial charge in [-0.1, -0.05) is 18.2 Å². The molecule has 1 aromatic heterocycles. The number of hydrogen-bond acceptors (Lipinski definition) is 4. The number of carboxylic acid groups (broad SMARTS) is 1. The molecule has 0 spiro atoms. The van der Waals surface area contributed by atoms with Crippen LogP contribution in [0.2, 0.25) is 0 Å². The van der Waals surface area contributed by atoms with E-state index in [1.807, 2.05) is 24.3 Å². The number of carbonyl (C=O) groups excluding carboxylic acids is 1. The van der Waals surface area contributed by atoms with Gasteiger partial charge in [0.25, 0.3) is 5.91 Å². The van der Waals surface area contributed by atoms with E-state index < -0.39 is 11.9 Å². The molecule has 7 heteroatoms. The number of rotatable bonds is 5. The zero-order valence-electron chi connectivity index (χ0n) is 13.6. The Kier molecular flexibility index (Phi) is 4.80. The van der Waals surface area contributed by atoms with E-state index in [4.69, 9.17) is 4.74 Å². The second-order valence-electron chi connectivity index (χ2n) is 6.09. The van der Waals surface area contributed by atoms with Gasteiger partial charge in [0, 0.05) is 32.2 Å². The summed E-state index contributed by atoms with van der Waals surface area (Å²) < 4.78 is 6.82. The van der Waals surface area contributed by atoms with Gasteiger partial charge in [-0.2, -0.15) is 5.10 Å². The summed E-state index contributed by atoms with van der Waals surface area (Å²) in [4.78, 5) is 24.1. The first-order chi connectivity index (χ1) is 11.6. The van der Waals surface area contributed by atoms with E-state index in [1.54, 1.807) is 7.05 Å². The zero-order valence-corrected chi connectivity index (χ0v) is 13.6. The van der Waals surface area contributed by atoms with Gasteiger partial charge in [-0.05, 0) is 24.8 Å². The van der Waals surface area contributed by atoms with Crippen LogP contribution in [-0.2, 0) is 16.6 Å². The lowest BCUT2D eigenvalue weighted by molar-refractivity contribution is -0.144. The SMILES string of the molecule is Cn1nc2ccccc2c1C(=O)NCC(C(=O)O)C1CCOCC1. The summed E-state index contributed by atoms with van der Waals surface area (Å²) in [5.74, 6) is -1.75. The quantitative estimate of drug-likeness (QED) is 0.864. The van der Waals surface area contributed by atoms with Gasteiger partial charge in [-0.3, -0.25) is 14.3 Å². The molecule has 2 aromatic rings.